The molecule has 4 aliphatic rings. The highest BCUT2D eigenvalue weighted by atomic mass is 32.2. The largest absolute Gasteiger partial charge is 0.466 e. The molecule has 3 heterocycles. The van der Waals surface area contributed by atoms with Crippen LogP contribution in [0.1, 0.15) is 50.6 Å². The molecule has 2 fully saturated rings. The highest BCUT2D eigenvalue weighted by Gasteiger charge is 2.43. The van der Waals surface area contributed by atoms with Crippen molar-refractivity contribution in [2.75, 3.05) is 7.11 Å². The Morgan fingerprint density at radius 1 is 1.33 bits per heavy atom. The van der Waals surface area contributed by atoms with E-state index in [4.69, 9.17) is 4.74 Å². The molecule has 158 valence electrons. The number of carbonyl (C=O) groups excluding carboxylic acids is 2. The van der Waals surface area contributed by atoms with E-state index < -0.39 is 0 Å². The first-order valence-electron chi connectivity index (χ1n) is 10.4. The van der Waals surface area contributed by atoms with Crippen LogP contribution in [0.2, 0.25) is 0 Å². The lowest BCUT2D eigenvalue weighted by molar-refractivity contribution is -0.136. The average molecular weight is 444 g/mol. The van der Waals surface area contributed by atoms with Gasteiger partial charge in [-0.3, -0.25) is 4.79 Å². The number of fused-ring (bicyclic) bond motifs is 3. The van der Waals surface area contributed by atoms with Crippen molar-refractivity contribution in [2.45, 2.75) is 51.1 Å². The topological polar surface area (TPSA) is 71.0 Å². The van der Waals surface area contributed by atoms with Gasteiger partial charge in [-0.05, 0) is 65.8 Å². The predicted octanol–water partition coefficient (Wildman–Crippen LogP) is 4.19. The minimum Gasteiger partial charge on any atom is -0.466 e. The van der Waals surface area contributed by atoms with Gasteiger partial charge in [-0.1, -0.05) is 18.2 Å². The zero-order valence-electron chi connectivity index (χ0n) is 17.1. The van der Waals surface area contributed by atoms with E-state index in [9.17, 15) is 9.59 Å². The normalized spacial score (nSPS) is 29.6. The summed E-state index contributed by atoms with van der Waals surface area (Å²) in [6, 6.07) is 2.01. The number of allylic oxidation sites excluding steroid dienone is 1. The first-order valence-corrected chi connectivity index (χ1v) is 12.2. The quantitative estimate of drug-likeness (QED) is 0.691. The number of aliphatic imine (C=N–C) groups is 1. The molecule has 4 atom stereocenters. The summed E-state index contributed by atoms with van der Waals surface area (Å²) in [6.07, 6.45) is 5.22. The number of nitrogens with zero attached hydrogens (tertiary/aromatic N) is 2. The van der Waals surface area contributed by atoms with Crippen molar-refractivity contribution < 1.29 is 14.3 Å². The molecule has 5 rings (SSSR count). The van der Waals surface area contributed by atoms with Crippen molar-refractivity contribution in [3.8, 4) is 0 Å². The van der Waals surface area contributed by atoms with Gasteiger partial charge in [-0.15, -0.1) is 0 Å². The van der Waals surface area contributed by atoms with E-state index in [-0.39, 0.29) is 24.3 Å². The third kappa shape index (κ3) is 3.39. The molecule has 0 saturated heterocycles. The van der Waals surface area contributed by atoms with Crippen LogP contribution in [-0.4, -0.2) is 35.1 Å². The highest BCUT2D eigenvalue weighted by molar-refractivity contribution is 8.16. The molecule has 6 nitrogen and oxygen atoms in total. The fraction of sp³-hybridized carbons (Fsp3) is 0.500. The Morgan fingerprint density at radius 2 is 2.20 bits per heavy atom. The molecule has 2 aliphatic carbocycles. The number of hydrogen-bond donors (Lipinski definition) is 1. The zero-order chi connectivity index (χ0) is 20.8. The number of hydrogen-bond acceptors (Lipinski definition) is 7. The summed E-state index contributed by atoms with van der Waals surface area (Å²) in [7, 11) is 1.39. The van der Waals surface area contributed by atoms with Crippen LogP contribution in [0.25, 0.3) is 0 Å². The maximum absolute atomic E-state index is 12.9. The Bertz CT molecular complexity index is 966. The summed E-state index contributed by atoms with van der Waals surface area (Å²) in [4.78, 5) is 32.2. The number of esters is 1. The van der Waals surface area contributed by atoms with E-state index in [2.05, 4.69) is 10.3 Å². The van der Waals surface area contributed by atoms with Gasteiger partial charge in [-0.25, -0.2) is 9.79 Å². The molecule has 1 amide bonds. The van der Waals surface area contributed by atoms with E-state index in [1.807, 2.05) is 34.1 Å². The van der Waals surface area contributed by atoms with Gasteiger partial charge < -0.3 is 15.0 Å². The number of nitrogens with one attached hydrogen (secondary N) is 1. The van der Waals surface area contributed by atoms with Crippen LogP contribution in [0, 0.1) is 11.8 Å². The van der Waals surface area contributed by atoms with E-state index >= 15 is 0 Å². The minimum absolute atomic E-state index is 0.0515. The molecule has 0 radical (unpaired) electrons. The highest BCUT2D eigenvalue weighted by Crippen LogP contribution is 2.46. The molecule has 30 heavy (non-hydrogen) atoms. The monoisotopic (exact) mass is 443 g/mol. The van der Waals surface area contributed by atoms with Gasteiger partial charge in [0.2, 0.25) is 5.91 Å². The van der Waals surface area contributed by atoms with Gasteiger partial charge in [0.15, 0.2) is 5.17 Å². The first-order chi connectivity index (χ1) is 14.5. The summed E-state index contributed by atoms with van der Waals surface area (Å²) < 4.78 is 5.08. The summed E-state index contributed by atoms with van der Waals surface area (Å²) >= 11 is 3.09. The SMILES string of the molecule is COC(=O)C1=C(C)N=C2SC=C(CC(=O)NC3CC4CCC3C4)N2C1c1ccsc1. The van der Waals surface area contributed by atoms with Crippen LogP contribution >= 0.6 is 23.1 Å². The smallest absolute Gasteiger partial charge is 0.338 e. The number of methoxy groups -OCH3 is 1. The molecule has 1 aromatic heterocycles. The molecular weight excluding hydrogens is 418 g/mol. The van der Waals surface area contributed by atoms with Crippen molar-refractivity contribution in [3.63, 3.8) is 0 Å². The first kappa shape index (κ1) is 19.9. The fourth-order valence-corrected chi connectivity index (χ4v) is 6.97. The zero-order valence-corrected chi connectivity index (χ0v) is 18.7. The van der Waals surface area contributed by atoms with Crippen molar-refractivity contribution >= 4 is 40.1 Å². The lowest BCUT2D eigenvalue weighted by atomic mass is 9.95. The molecular formula is C22H25N3O3S2. The molecule has 0 aromatic carbocycles. The lowest BCUT2D eigenvalue weighted by Crippen LogP contribution is -2.41. The third-order valence-corrected chi connectivity index (χ3v) is 8.28. The van der Waals surface area contributed by atoms with Gasteiger partial charge in [0, 0.05) is 11.7 Å². The van der Waals surface area contributed by atoms with Crippen LogP contribution in [-0.2, 0) is 14.3 Å². The number of amides is 1. The number of thioether (sulfide) groups is 1. The molecule has 1 N–H and O–H groups in total. The molecule has 0 spiro atoms. The number of rotatable bonds is 5. The minimum atomic E-state index is -0.380. The summed E-state index contributed by atoms with van der Waals surface area (Å²) in [5.41, 5.74) is 3.08. The van der Waals surface area contributed by atoms with Gasteiger partial charge in [0.1, 0.15) is 0 Å². The second-order valence-electron chi connectivity index (χ2n) is 8.47. The van der Waals surface area contributed by atoms with Crippen LogP contribution in [0.3, 0.4) is 0 Å². The van der Waals surface area contributed by atoms with Gasteiger partial charge in [0.05, 0.1) is 30.8 Å². The predicted molar refractivity (Wildman–Crippen MR) is 119 cm³/mol. The molecule has 2 bridgehead atoms. The van der Waals surface area contributed by atoms with Crippen molar-refractivity contribution in [2.24, 2.45) is 16.8 Å². The fourth-order valence-electron chi connectivity index (χ4n) is 5.33. The van der Waals surface area contributed by atoms with Gasteiger partial charge in [0.25, 0.3) is 0 Å². The Labute approximate surface area is 184 Å². The van der Waals surface area contributed by atoms with Crippen LogP contribution in [0.4, 0.5) is 0 Å². The van der Waals surface area contributed by atoms with Gasteiger partial charge >= 0.3 is 5.97 Å². The van der Waals surface area contributed by atoms with E-state index in [1.54, 1.807) is 11.3 Å². The second kappa shape index (κ2) is 7.89. The summed E-state index contributed by atoms with van der Waals surface area (Å²) in [5.74, 6) is 1.11. The number of ether oxygens (including phenoxy) is 1. The maximum atomic E-state index is 12.9. The molecule has 2 aliphatic heterocycles. The molecule has 2 saturated carbocycles. The van der Waals surface area contributed by atoms with Gasteiger partial charge in [-0.2, -0.15) is 11.3 Å². The van der Waals surface area contributed by atoms with E-state index in [1.165, 1.54) is 38.1 Å². The van der Waals surface area contributed by atoms with Crippen molar-refractivity contribution in [1.82, 2.24) is 10.2 Å². The number of carbonyl (C=O) groups is 2. The summed E-state index contributed by atoms with van der Waals surface area (Å²) in [6.45, 7) is 1.84. The van der Waals surface area contributed by atoms with Crippen LogP contribution < -0.4 is 5.32 Å². The van der Waals surface area contributed by atoms with E-state index in [0.717, 1.165) is 28.8 Å². The Hall–Kier alpha value is -2.06. The van der Waals surface area contributed by atoms with Crippen molar-refractivity contribution in [3.05, 3.63) is 44.8 Å². The summed E-state index contributed by atoms with van der Waals surface area (Å²) in [5, 5.41) is 10.1. The number of thiophene rings is 1. The Balaban J connectivity index is 1.38. The van der Waals surface area contributed by atoms with Crippen molar-refractivity contribution in [1.29, 1.82) is 0 Å². The number of amidine groups is 1. The Morgan fingerprint density at radius 3 is 2.87 bits per heavy atom. The molecule has 8 heteroatoms. The second-order valence-corrected chi connectivity index (χ2v) is 10.1. The average Bonchev–Trinajstić information content (AvgIpc) is 3.51. The van der Waals surface area contributed by atoms with E-state index in [0.29, 0.717) is 23.2 Å². The third-order valence-electron chi connectivity index (χ3n) is 6.69. The maximum Gasteiger partial charge on any atom is 0.338 e. The molecule has 4 unspecified atom stereocenters. The Kier molecular flexibility index (Phi) is 5.23. The van der Waals surface area contributed by atoms with Crippen LogP contribution in [0.5, 0.6) is 0 Å². The standard InChI is InChI=1S/C22H25N3O3S2/c1-12-19(21(27)28-2)20(15-5-6-29-10-15)25-16(11-30-22(25)23-12)9-18(26)24-17-8-13-3-4-14(17)7-13/h5-6,10-11,13-14,17,20H,3-4,7-9H2,1-2H3,(H,24,26). The van der Waals surface area contributed by atoms with Crippen LogP contribution in [0.15, 0.2) is 44.2 Å². The molecule has 1 aromatic rings. The lowest BCUT2D eigenvalue weighted by Gasteiger charge is -2.35.